The molecule has 3 nitrogen and oxygen atoms in total. The van der Waals surface area contributed by atoms with Gasteiger partial charge in [0, 0.05) is 36.6 Å². The summed E-state index contributed by atoms with van der Waals surface area (Å²) < 4.78 is 38.8. The molecule has 3 atom stereocenters. The quantitative estimate of drug-likeness (QED) is 0.840. The van der Waals surface area contributed by atoms with Crippen LogP contribution in [0.2, 0.25) is 0 Å². The summed E-state index contributed by atoms with van der Waals surface area (Å²) in [6.07, 6.45) is -2.02. The molecule has 3 unspecified atom stereocenters. The number of carbonyl (C=O) groups is 1. The number of nitrogens with one attached hydrogen (secondary N) is 2. The van der Waals surface area contributed by atoms with Crippen LogP contribution in [-0.2, 0) is 4.79 Å². The minimum atomic E-state index is -4.21. The van der Waals surface area contributed by atoms with Crippen molar-refractivity contribution >= 4 is 17.7 Å². The molecule has 2 rings (SSSR count). The number of thioether (sulfide) groups is 1. The van der Waals surface area contributed by atoms with Crippen molar-refractivity contribution in [1.82, 2.24) is 10.6 Å². The van der Waals surface area contributed by atoms with E-state index in [1.165, 1.54) is 0 Å². The third kappa shape index (κ3) is 4.55. The Kier molecular flexibility index (Phi) is 5.60. The second-order valence-electron chi connectivity index (χ2n) is 5.54. The number of amides is 1. The summed E-state index contributed by atoms with van der Waals surface area (Å²) in [5.74, 6) is 0.234. The average molecular weight is 310 g/mol. The van der Waals surface area contributed by atoms with Crippen LogP contribution in [0.5, 0.6) is 0 Å². The highest BCUT2D eigenvalue weighted by Gasteiger charge is 2.45. The summed E-state index contributed by atoms with van der Waals surface area (Å²) in [7, 11) is 0. The van der Waals surface area contributed by atoms with Crippen molar-refractivity contribution in [1.29, 1.82) is 0 Å². The maximum Gasteiger partial charge on any atom is 0.393 e. The molecule has 116 valence electrons. The van der Waals surface area contributed by atoms with Gasteiger partial charge in [0.05, 0.1) is 5.92 Å². The second kappa shape index (κ2) is 7.02. The van der Waals surface area contributed by atoms with Gasteiger partial charge in [-0.25, -0.2) is 0 Å². The van der Waals surface area contributed by atoms with Crippen LogP contribution in [0.15, 0.2) is 0 Å². The Balaban J connectivity index is 1.84. The predicted octanol–water partition coefficient (Wildman–Crippen LogP) is 2.32. The molecule has 1 aliphatic carbocycles. The summed E-state index contributed by atoms with van der Waals surface area (Å²) in [6, 6.07) is -0.658. The van der Waals surface area contributed by atoms with E-state index in [4.69, 9.17) is 0 Å². The van der Waals surface area contributed by atoms with Crippen LogP contribution >= 0.6 is 11.8 Å². The van der Waals surface area contributed by atoms with Crippen molar-refractivity contribution in [3.8, 4) is 0 Å². The molecule has 7 heteroatoms. The van der Waals surface area contributed by atoms with Crippen molar-refractivity contribution < 1.29 is 18.0 Å². The fourth-order valence-electron chi connectivity index (χ4n) is 2.94. The molecule has 0 aromatic rings. The first-order chi connectivity index (χ1) is 9.47. The summed E-state index contributed by atoms with van der Waals surface area (Å²) >= 11 is 1.77. The molecule has 2 N–H and O–H groups in total. The van der Waals surface area contributed by atoms with Gasteiger partial charge >= 0.3 is 6.18 Å². The molecule has 1 aliphatic heterocycles. The Hall–Kier alpha value is -0.430. The summed E-state index contributed by atoms with van der Waals surface area (Å²) in [5.41, 5.74) is 0. The maximum atomic E-state index is 12.9. The zero-order valence-electron chi connectivity index (χ0n) is 11.3. The largest absolute Gasteiger partial charge is 0.393 e. The molecule has 1 saturated carbocycles. The number of alkyl halides is 3. The molecular weight excluding hydrogens is 289 g/mol. The first-order valence-electron chi connectivity index (χ1n) is 7.14. The standard InChI is InChI=1S/C13H21F3N2OS/c14-13(15,16)10-3-1-2-4-11(10)18-12(19)7-9-8-20-6-5-17-9/h9-11,17H,1-8H2,(H,18,19). The normalized spacial score (nSPS) is 31.9. The lowest BCUT2D eigenvalue weighted by molar-refractivity contribution is -0.189. The molecule has 1 amide bonds. The van der Waals surface area contributed by atoms with E-state index in [0.29, 0.717) is 12.8 Å². The van der Waals surface area contributed by atoms with E-state index in [0.717, 1.165) is 24.5 Å². The van der Waals surface area contributed by atoms with Crippen LogP contribution in [0, 0.1) is 5.92 Å². The number of halogens is 3. The van der Waals surface area contributed by atoms with Crippen LogP contribution in [0.25, 0.3) is 0 Å². The van der Waals surface area contributed by atoms with Gasteiger partial charge in [-0.05, 0) is 12.8 Å². The Morgan fingerprint density at radius 2 is 2.05 bits per heavy atom. The molecular formula is C13H21F3N2OS. The predicted molar refractivity (Wildman–Crippen MR) is 73.7 cm³/mol. The van der Waals surface area contributed by atoms with Gasteiger partial charge < -0.3 is 10.6 Å². The third-order valence-corrected chi connectivity index (χ3v) is 5.09. The van der Waals surface area contributed by atoms with Gasteiger partial charge in [-0.15, -0.1) is 0 Å². The Morgan fingerprint density at radius 3 is 2.70 bits per heavy atom. The third-order valence-electron chi connectivity index (χ3n) is 3.96. The lowest BCUT2D eigenvalue weighted by Crippen LogP contribution is -2.49. The van der Waals surface area contributed by atoms with E-state index in [2.05, 4.69) is 10.6 Å². The van der Waals surface area contributed by atoms with Crippen LogP contribution in [0.3, 0.4) is 0 Å². The van der Waals surface area contributed by atoms with Gasteiger partial charge in [0.25, 0.3) is 0 Å². The highest BCUT2D eigenvalue weighted by Crippen LogP contribution is 2.37. The highest BCUT2D eigenvalue weighted by molar-refractivity contribution is 7.99. The van der Waals surface area contributed by atoms with Crippen LogP contribution < -0.4 is 10.6 Å². The van der Waals surface area contributed by atoms with E-state index in [-0.39, 0.29) is 24.8 Å². The van der Waals surface area contributed by atoms with Gasteiger partial charge in [-0.3, -0.25) is 4.79 Å². The van der Waals surface area contributed by atoms with Gasteiger partial charge in [-0.1, -0.05) is 12.8 Å². The first-order valence-corrected chi connectivity index (χ1v) is 8.29. The lowest BCUT2D eigenvalue weighted by Gasteiger charge is -2.34. The summed E-state index contributed by atoms with van der Waals surface area (Å²) in [5, 5.41) is 5.84. The molecule has 20 heavy (non-hydrogen) atoms. The molecule has 0 spiro atoms. The van der Waals surface area contributed by atoms with Crippen LogP contribution in [0.4, 0.5) is 13.2 Å². The number of hydrogen-bond donors (Lipinski definition) is 2. The molecule has 0 aromatic heterocycles. The summed E-state index contributed by atoms with van der Waals surface area (Å²) in [6.45, 7) is 0.858. The Bertz CT molecular complexity index is 332. The molecule has 0 radical (unpaired) electrons. The molecule has 2 aliphatic rings. The first kappa shape index (κ1) is 15.9. The molecule has 2 fully saturated rings. The minimum Gasteiger partial charge on any atom is -0.353 e. The van der Waals surface area contributed by atoms with E-state index < -0.39 is 18.1 Å². The highest BCUT2D eigenvalue weighted by atomic mass is 32.2. The van der Waals surface area contributed by atoms with Crippen molar-refractivity contribution in [2.75, 3.05) is 18.1 Å². The molecule has 0 bridgehead atoms. The number of carbonyl (C=O) groups excluding carboxylic acids is 1. The van der Waals surface area contributed by atoms with E-state index >= 15 is 0 Å². The van der Waals surface area contributed by atoms with Gasteiger partial charge in [0.1, 0.15) is 0 Å². The average Bonchev–Trinajstić information content (AvgIpc) is 2.39. The Labute approximate surface area is 121 Å². The van der Waals surface area contributed by atoms with E-state index in [1.54, 1.807) is 11.8 Å². The monoisotopic (exact) mass is 310 g/mol. The fourth-order valence-corrected chi connectivity index (χ4v) is 3.88. The van der Waals surface area contributed by atoms with E-state index in [1.807, 2.05) is 0 Å². The maximum absolute atomic E-state index is 12.9. The Morgan fingerprint density at radius 1 is 1.30 bits per heavy atom. The van der Waals surface area contributed by atoms with Crippen molar-refractivity contribution in [2.45, 2.75) is 50.4 Å². The van der Waals surface area contributed by atoms with Crippen LogP contribution in [0.1, 0.15) is 32.1 Å². The lowest BCUT2D eigenvalue weighted by atomic mass is 9.84. The number of rotatable bonds is 3. The molecule has 1 saturated heterocycles. The van der Waals surface area contributed by atoms with Crippen molar-refractivity contribution in [2.24, 2.45) is 5.92 Å². The SMILES string of the molecule is O=C(CC1CSCCN1)NC1CCCCC1C(F)(F)F. The van der Waals surface area contributed by atoms with Crippen molar-refractivity contribution in [3.63, 3.8) is 0 Å². The van der Waals surface area contributed by atoms with Gasteiger partial charge in [0.2, 0.25) is 5.91 Å². The topological polar surface area (TPSA) is 41.1 Å². The second-order valence-corrected chi connectivity index (χ2v) is 6.69. The molecule has 0 aromatic carbocycles. The molecule has 1 heterocycles. The van der Waals surface area contributed by atoms with Gasteiger partial charge in [-0.2, -0.15) is 24.9 Å². The minimum absolute atomic E-state index is 0.0849. The van der Waals surface area contributed by atoms with Crippen molar-refractivity contribution in [3.05, 3.63) is 0 Å². The number of hydrogen-bond acceptors (Lipinski definition) is 3. The smallest absolute Gasteiger partial charge is 0.353 e. The zero-order valence-corrected chi connectivity index (χ0v) is 12.2. The zero-order chi connectivity index (χ0) is 14.6. The fraction of sp³-hybridized carbons (Fsp3) is 0.923. The van der Waals surface area contributed by atoms with E-state index in [9.17, 15) is 18.0 Å². The van der Waals surface area contributed by atoms with Gasteiger partial charge in [0.15, 0.2) is 0 Å². The summed E-state index contributed by atoms with van der Waals surface area (Å²) in [4.78, 5) is 11.9. The van der Waals surface area contributed by atoms with Crippen LogP contribution in [-0.4, -0.2) is 42.2 Å².